The minimum Gasteiger partial charge on any atom is -0.353 e. The molecule has 0 aliphatic carbocycles. The molecule has 164 valence electrons. The van der Waals surface area contributed by atoms with Crippen molar-refractivity contribution < 1.29 is 9.59 Å². The Labute approximate surface area is 186 Å². The fourth-order valence-corrected chi connectivity index (χ4v) is 5.75. The van der Waals surface area contributed by atoms with Crippen molar-refractivity contribution in [2.24, 2.45) is 0 Å². The van der Waals surface area contributed by atoms with Gasteiger partial charge in [-0.15, -0.1) is 5.10 Å². The number of nitrogens with zero attached hydrogens (tertiary/aromatic N) is 5. The Morgan fingerprint density at radius 2 is 2.16 bits per heavy atom. The monoisotopic (exact) mass is 440 g/mol. The van der Waals surface area contributed by atoms with Crippen molar-refractivity contribution in [3.63, 3.8) is 0 Å². The van der Waals surface area contributed by atoms with Crippen LogP contribution in [0.2, 0.25) is 0 Å². The maximum absolute atomic E-state index is 13.0. The van der Waals surface area contributed by atoms with Crippen LogP contribution in [-0.4, -0.2) is 76.0 Å². The predicted molar refractivity (Wildman–Crippen MR) is 119 cm³/mol. The van der Waals surface area contributed by atoms with Crippen LogP contribution in [0.15, 0.2) is 29.6 Å². The first-order chi connectivity index (χ1) is 15.1. The van der Waals surface area contributed by atoms with E-state index in [2.05, 4.69) is 37.8 Å². The van der Waals surface area contributed by atoms with Crippen LogP contribution in [0, 0.1) is 0 Å². The van der Waals surface area contributed by atoms with E-state index in [4.69, 9.17) is 0 Å². The van der Waals surface area contributed by atoms with Gasteiger partial charge in [-0.3, -0.25) is 19.4 Å². The number of nitrogens with one attached hydrogen (secondary N) is 1. The van der Waals surface area contributed by atoms with E-state index >= 15 is 0 Å². The Morgan fingerprint density at radius 1 is 1.29 bits per heavy atom. The van der Waals surface area contributed by atoms with Crippen LogP contribution in [0.1, 0.15) is 30.5 Å². The SMILES string of the molecule is CN1C(CCC(=O)N2CCc3ccccc32)CNC(=O)C2C1CCN2Cc1csnn1. The van der Waals surface area contributed by atoms with Gasteiger partial charge in [0.1, 0.15) is 6.04 Å². The topological polar surface area (TPSA) is 81.7 Å². The highest BCUT2D eigenvalue weighted by Crippen LogP contribution is 2.30. The van der Waals surface area contributed by atoms with E-state index in [0.29, 0.717) is 19.5 Å². The average Bonchev–Trinajstić information content (AvgIpc) is 3.51. The lowest BCUT2D eigenvalue weighted by Gasteiger charge is -2.33. The Morgan fingerprint density at radius 3 is 3.00 bits per heavy atom. The van der Waals surface area contributed by atoms with Crippen LogP contribution in [0.5, 0.6) is 0 Å². The summed E-state index contributed by atoms with van der Waals surface area (Å²) in [6.07, 6.45) is 3.10. The number of anilines is 1. The van der Waals surface area contributed by atoms with Gasteiger partial charge in [0.25, 0.3) is 0 Å². The van der Waals surface area contributed by atoms with Crippen LogP contribution in [0.4, 0.5) is 5.69 Å². The lowest BCUT2D eigenvalue weighted by molar-refractivity contribution is -0.126. The Hall–Kier alpha value is -2.36. The smallest absolute Gasteiger partial charge is 0.239 e. The Kier molecular flexibility index (Phi) is 5.73. The molecule has 2 amide bonds. The molecule has 1 N–H and O–H groups in total. The van der Waals surface area contributed by atoms with Crippen molar-refractivity contribution in [2.75, 3.05) is 31.6 Å². The summed E-state index contributed by atoms with van der Waals surface area (Å²) in [7, 11) is 2.10. The number of likely N-dealkylation sites (tertiary alicyclic amines) is 1. The van der Waals surface area contributed by atoms with Crippen molar-refractivity contribution in [1.82, 2.24) is 24.7 Å². The fraction of sp³-hybridized carbons (Fsp3) is 0.545. The molecule has 3 aliphatic heterocycles. The number of benzene rings is 1. The molecule has 8 nitrogen and oxygen atoms in total. The molecule has 0 spiro atoms. The first-order valence-corrected chi connectivity index (χ1v) is 11.8. The molecule has 2 aromatic rings. The van der Waals surface area contributed by atoms with E-state index in [0.717, 1.165) is 43.7 Å². The molecule has 2 saturated heterocycles. The second-order valence-corrected chi connectivity index (χ2v) is 9.30. The summed E-state index contributed by atoms with van der Waals surface area (Å²) in [6, 6.07) is 8.29. The molecule has 0 saturated carbocycles. The number of para-hydroxylation sites is 1. The molecule has 3 atom stereocenters. The maximum atomic E-state index is 13.0. The van der Waals surface area contributed by atoms with E-state index in [1.165, 1.54) is 17.1 Å². The lowest BCUT2D eigenvalue weighted by Crippen LogP contribution is -2.49. The summed E-state index contributed by atoms with van der Waals surface area (Å²) < 4.78 is 3.94. The van der Waals surface area contributed by atoms with Crippen LogP contribution in [0.25, 0.3) is 0 Å². The molecule has 9 heteroatoms. The molecule has 4 heterocycles. The van der Waals surface area contributed by atoms with Gasteiger partial charge in [0, 0.05) is 55.8 Å². The summed E-state index contributed by atoms with van der Waals surface area (Å²) in [5.74, 6) is 0.259. The number of carbonyl (C=O) groups is 2. The first kappa shape index (κ1) is 20.5. The summed E-state index contributed by atoms with van der Waals surface area (Å²) in [4.78, 5) is 32.3. The van der Waals surface area contributed by atoms with Gasteiger partial charge < -0.3 is 10.2 Å². The van der Waals surface area contributed by atoms with Gasteiger partial charge in [-0.1, -0.05) is 22.7 Å². The summed E-state index contributed by atoms with van der Waals surface area (Å²) in [6.45, 7) is 2.86. The van der Waals surface area contributed by atoms with E-state index in [9.17, 15) is 9.59 Å². The molecule has 3 unspecified atom stereocenters. The number of carbonyl (C=O) groups excluding carboxylic acids is 2. The molecule has 3 aliphatic rings. The standard InChI is InChI=1S/C22H28N6O2S/c1-26-17(6-7-20(29)28-11-8-15-4-2-3-5-18(15)28)12-23-22(30)21-19(26)9-10-27(21)13-16-14-31-25-24-16/h2-5,14,17,19,21H,6-13H2,1H3,(H,23,30). The molecule has 0 bridgehead atoms. The lowest BCUT2D eigenvalue weighted by atomic mass is 10.0. The zero-order chi connectivity index (χ0) is 21.4. The Balaban J connectivity index is 1.23. The third-order valence-corrected chi connectivity index (χ3v) is 7.55. The molecule has 1 aromatic carbocycles. The average molecular weight is 441 g/mol. The second-order valence-electron chi connectivity index (χ2n) is 8.69. The number of amides is 2. The number of likely N-dealkylation sites (N-methyl/N-ethyl adjacent to an activating group) is 1. The first-order valence-electron chi connectivity index (χ1n) is 11.0. The van der Waals surface area contributed by atoms with Crippen LogP contribution >= 0.6 is 11.5 Å². The summed E-state index contributed by atoms with van der Waals surface area (Å²) in [5.41, 5.74) is 3.22. The molecular weight excluding hydrogens is 412 g/mol. The number of aromatic nitrogens is 2. The fourth-order valence-electron chi connectivity index (χ4n) is 5.31. The quantitative estimate of drug-likeness (QED) is 0.754. The minimum atomic E-state index is -0.183. The van der Waals surface area contributed by atoms with Gasteiger partial charge >= 0.3 is 0 Å². The highest BCUT2D eigenvalue weighted by atomic mass is 32.1. The Bertz CT molecular complexity index is 951. The van der Waals surface area contributed by atoms with Crippen molar-refractivity contribution in [3.05, 3.63) is 40.9 Å². The van der Waals surface area contributed by atoms with Gasteiger partial charge in [-0.2, -0.15) is 0 Å². The number of hydrogen-bond acceptors (Lipinski definition) is 7. The number of fused-ring (bicyclic) bond motifs is 2. The summed E-state index contributed by atoms with van der Waals surface area (Å²) >= 11 is 1.34. The normalized spacial score (nSPS) is 26.4. The molecular formula is C22H28N6O2S. The molecule has 31 heavy (non-hydrogen) atoms. The van der Waals surface area contributed by atoms with E-state index < -0.39 is 0 Å². The molecule has 2 fully saturated rings. The van der Waals surface area contributed by atoms with Crippen molar-refractivity contribution in [2.45, 2.75) is 50.4 Å². The highest BCUT2D eigenvalue weighted by Gasteiger charge is 2.45. The number of rotatable bonds is 5. The van der Waals surface area contributed by atoms with Gasteiger partial charge in [-0.05, 0) is 49.5 Å². The van der Waals surface area contributed by atoms with Gasteiger partial charge in [0.2, 0.25) is 11.8 Å². The second kappa shape index (κ2) is 8.64. The third-order valence-electron chi connectivity index (χ3n) is 7.00. The molecule has 0 radical (unpaired) electrons. The predicted octanol–water partition coefficient (Wildman–Crippen LogP) is 1.28. The van der Waals surface area contributed by atoms with Crippen molar-refractivity contribution in [3.8, 4) is 0 Å². The largest absolute Gasteiger partial charge is 0.353 e. The van der Waals surface area contributed by atoms with Gasteiger partial charge in [0.15, 0.2) is 0 Å². The zero-order valence-electron chi connectivity index (χ0n) is 17.7. The minimum absolute atomic E-state index is 0.0832. The molecule has 5 rings (SSSR count). The summed E-state index contributed by atoms with van der Waals surface area (Å²) in [5, 5.41) is 9.22. The maximum Gasteiger partial charge on any atom is 0.239 e. The van der Waals surface area contributed by atoms with Crippen molar-refractivity contribution in [1.29, 1.82) is 0 Å². The highest BCUT2D eigenvalue weighted by molar-refractivity contribution is 7.03. The third kappa shape index (κ3) is 3.97. The van der Waals surface area contributed by atoms with Gasteiger partial charge in [0.05, 0.1) is 5.69 Å². The van der Waals surface area contributed by atoms with Crippen molar-refractivity contribution >= 4 is 29.0 Å². The number of hydrogen-bond donors (Lipinski definition) is 1. The van der Waals surface area contributed by atoms with E-state index in [-0.39, 0.29) is 29.9 Å². The zero-order valence-corrected chi connectivity index (χ0v) is 18.6. The van der Waals surface area contributed by atoms with Gasteiger partial charge in [-0.25, -0.2) is 0 Å². The van der Waals surface area contributed by atoms with Crippen LogP contribution < -0.4 is 10.2 Å². The van der Waals surface area contributed by atoms with E-state index in [1.807, 2.05) is 28.5 Å². The molecule has 1 aromatic heterocycles. The van der Waals surface area contributed by atoms with Crippen LogP contribution in [0.3, 0.4) is 0 Å². The van der Waals surface area contributed by atoms with E-state index in [1.54, 1.807) is 0 Å². The van der Waals surface area contributed by atoms with Crippen LogP contribution in [-0.2, 0) is 22.6 Å².